The fourth-order valence-electron chi connectivity index (χ4n) is 2.54. The number of esters is 1. The van der Waals surface area contributed by atoms with Crippen molar-refractivity contribution in [3.8, 4) is 5.82 Å². The molecule has 0 bridgehead atoms. The summed E-state index contributed by atoms with van der Waals surface area (Å²) in [5, 5.41) is 4.54. The Labute approximate surface area is 160 Å². The molecule has 7 nitrogen and oxygen atoms in total. The van der Waals surface area contributed by atoms with Gasteiger partial charge in [-0.2, -0.15) is 5.10 Å². The molecule has 3 aromatic rings. The Bertz CT molecular complexity index is 1010. The van der Waals surface area contributed by atoms with E-state index in [1.807, 2.05) is 19.9 Å². The number of halogens is 1. The molecule has 0 aliphatic rings. The van der Waals surface area contributed by atoms with E-state index in [4.69, 9.17) is 22.1 Å². The molecule has 2 N–H and O–H groups in total. The van der Waals surface area contributed by atoms with Gasteiger partial charge in [0.05, 0.1) is 10.7 Å². The van der Waals surface area contributed by atoms with Gasteiger partial charge in [0.1, 0.15) is 6.61 Å². The molecule has 8 heteroatoms. The third kappa shape index (κ3) is 4.15. The van der Waals surface area contributed by atoms with Crippen LogP contribution >= 0.6 is 11.6 Å². The Morgan fingerprint density at radius 1 is 1.15 bits per heavy atom. The van der Waals surface area contributed by atoms with Crippen LogP contribution in [0.5, 0.6) is 0 Å². The van der Waals surface area contributed by atoms with Crippen molar-refractivity contribution in [3.63, 3.8) is 0 Å². The van der Waals surface area contributed by atoms with Crippen molar-refractivity contribution in [2.75, 3.05) is 0 Å². The molecule has 2 aromatic heterocycles. The van der Waals surface area contributed by atoms with Crippen molar-refractivity contribution >= 4 is 23.5 Å². The van der Waals surface area contributed by atoms with Gasteiger partial charge in [0, 0.05) is 11.3 Å². The number of hydrogen-bond acceptors (Lipinski definition) is 5. The van der Waals surface area contributed by atoms with Gasteiger partial charge in [0.2, 0.25) is 5.91 Å². The zero-order chi connectivity index (χ0) is 19.6. The van der Waals surface area contributed by atoms with E-state index >= 15 is 0 Å². The third-order valence-electron chi connectivity index (χ3n) is 3.86. The van der Waals surface area contributed by atoms with Gasteiger partial charge in [-0.25, -0.2) is 14.5 Å². The summed E-state index contributed by atoms with van der Waals surface area (Å²) in [6, 6.07) is 11.6. The highest BCUT2D eigenvalue weighted by molar-refractivity contribution is 6.33. The molecule has 27 heavy (non-hydrogen) atoms. The molecule has 3 rings (SSSR count). The van der Waals surface area contributed by atoms with Crippen molar-refractivity contribution in [1.29, 1.82) is 0 Å². The Balaban J connectivity index is 1.77. The number of nitrogens with two attached hydrogens (primary N) is 1. The zero-order valence-electron chi connectivity index (χ0n) is 14.8. The van der Waals surface area contributed by atoms with Crippen LogP contribution < -0.4 is 5.73 Å². The summed E-state index contributed by atoms with van der Waals surface area (Å²) in [6.07, 6.45) is 0. The first-order valence-corrected chi connectivity index (χ1v) is 8.49. The molecule has 1 aromatic carbocycles. The summed E-state index contributed by atoms with van der Waals surface area (Å²) in [4.78, 5) is 27.8. The smallest absolute Gasteiger partial charge is 0.358 e. The van der Waals surface area contributed by atoms with E-state index in [9.17, 15) is 9.59 Å². The van der Waals surface area contributed by atoms with Crippen molar-refractivity contribution in [1.82, 2.24) is 14.8 Å². The molecule has 0 aliphatic carbocycles. The van der Waals surface area contributed by atoms with Crippen LogP contribution in [0.25, 0.3) is 5.82 Å². The highest BCUT2D eigenvalue weighted by Crippen LogP contribution is 2.19. The van der Waals surface area contributed by atoms with Crippen molar-refractivity contribution < 1.29 is 14.3 Å². The first kappa shape index (κ1) is 18.6. The van der Waals surface area contributed by atoms with E-state index in [1.54, 1.807) is 41.1 Å². The van der Waals surface area contributed by atoms with E-state index in [-0.39, 0.29) is 17.3 Å². The van der Waals surface area contributed by atoms with Gasteiger partial charge >= 0.3 is 5.97 Å². The number of amides is 1. The molecule has 0 aliphatic heterocycles. The van der Waals surface area contributed by atoms with Crippen LogP contribution in [0.2, 0.25) is 5.02 Å². The van der Waals surface area contributed by atoms with Gasteiger partial charge in [-0.15, -0.1) is 0 Å². The molecule has 0 spiro atoms. The van der Waals surface area contributed by atoms with E-state index in [1.165, 1.54) is 0 Å². The largest absolute Gasteiger partial charge is 0.456 e. The van der Waals surface area contributed by atoms with Gasteiger partial charge in [-0.1, -0.05) is 23.7 Å². The minimum absolute atomic E-state index is 0.00970. The minimum atomic E-state index is -0.651. The molecule has 0 unspecified atom stereocenters. The van der Waals surface area contributed by atoms with Gasteiger partial charge in [-0.3, -0.25) is 4.79 Å². The number of nitrogens with zero attached hydrogens (tertiary/aromatic N) is 3. The maximum absolute atomic E-state index is 12.4. The molecule has 1 amide bonds. The van der Waals surface area contributed by atoms with Crippen LogP contribution in [-0.2, 0) is 11.3 Å². The first-order valence-electron chi connectivity index (χ1n) is 8.11. The summed E-state index contributed by atoms with van der Waals surface area (Å²) in [6.45, 7) is 3.78. The van der Waals surface area contributed by atoms with E-state index < -0.39 is 11.9 Å². The summed E-state index contributed by atoms with van der Waals surface area (Å²) < 4.78 is 6.92. The van der Waals surface area contributed by atoms with Crippen molar-refractivity contribution in [2.24, 2.45) is 5.73 Å². The first-order chi connectivity index (χ1) is 12.8. The fraction of sp³-hybridized carbons (Fsp3) is 0.158. The Morgan fingerprint density at radius 3 is 2.44 bits per heavy atom. The fourth-order valence-corrected chi connectivity index (χ4v) is 2.72. The van der Waals surface area contributed by atoms with Crippen LogP contribution in [0.15, 0.2) is 42.5 Å². The third-order valence-corrected chi connectivity index (χ3v) is 4.16. The number of rotatable bonds is 5. The second-order valence-electron chi connectivity index (χ2n) is 5.98. The van der Waals surface area contributed by atoms with E-state index in [0.717, 1.165) is 11.4 Å². The topological polar surface area (TPSA) is 100 Å². The SMILES string of the molecule is Cc1cc(C)n(-c2ccc(Cl)c(C(=O)OCc3ccc(C(N)=O)cc3)n2)n1. The maximum atomic E-state index is 12.4. The second kappa shape index (κ2) is 7.59. The number of pyridine rings is 1. The maximum Gasteiger partial charge on any atom is 0.358 e. The summed E-state index contributed by atoms with van der Waals surface area (Å²) >= 11 is 6.12. The standard InChI is InChI=1S/C19H17ClN4O3/c1-11-9-12(2)24(23-11)16-8-7-15(20)17(22-16)19(26)27-10-13-3-5-14(6-4-13)18(21)25/h3-9H,10H2,1-2H3,(H2,21,25). The average molecular weight is 385 g/mol. The van der Waals surface area contributed by atoms with E-state index in [2.05, 4.69) is 10.1 Å². The van der Waals surface area contributed by atoms with Crippen LogP contribution in [0.1, 0.15) is 37.8 Å². The molecule has 0 saturated heterocycles. The monoisotopic (exact) mass is 384 g/mol. The number of ether oxygens (including phenoxy) is 1. The quantitative estimate of drug-likeness (QED) is 0.681. The Hall–Kier alpha value is -3.19. The van der Waals surface area contributed by atoms with Crippen molar-refractivity contribution in [2.45, 2.75) is 20.5 Å². The highest BCUT2D eigenvalue weighted by atomic mass is 35.5. The van der Waals surface area contributed by atoms with E-state index in [0.29, 0.717) is 16.9 Å². The number of benzene rings is 1. The predicted molar refractivity (Wildman–Crippen MR) is 99.9 cm³/mol. The molecular weight excluding hydrogens is 368 g/mol. The molecule has 2 heterocycles. The summed E-state index contributed by atoms with van der Waals surface area (Å²) in [5.74, 6) is -0.694. The summed E-state index contributed by atoms with van der Waals surface area (Å²) in [7, 11) is 0. The predicted octanol–water partition coefficient (Wildman–Crippen LogP) is 2.99. The number of aromatic nitrogens is 3. The molecule has 0 saturated carbocycles. The Kier molecular flexibility index (Phi) is 5.23. The lowest BCUT2D eigenvalue weighted by Gasteiger charge is -2.09. The van der Waals surface area contributed by atoms with Crippen LogP contribution in [0, 0.1) is 13.8 Å². The number of carbonyl (C=O) groups is 2. The summed E-state index contributed by atoms with van der Waals surface area (Å²) in [5.41, 5.74) is 8.02. The van der Waals surface area contributed by atoms with Crippen LogP contribution in [0.3, 0.4) is 0 Å². The molecule has 0 radical (unpaired) electrons. The number of hydrogen-bond donors (Lipinski definition) is 1. The Morgan fingerprint density at radius 2 is 1.85 bits per heavy atom. The van der Waals surface area contributed by atoms with Gasteiger partial charge < -0.3 is 10.5 Å². The van der Waals surface area contributed by atoms with Crippen LogP contribution in [-0.4, -0.2) is 26.6 Å². The normalized spacial score (nSPS) is 10.6. The number of primary amides is 1. The lowest BCUT2D eigenvalue weighted by molar-refractivity contribution is 0.0465. The van der Waals surface area contributed by atoms with Crippen molar-refractivity contribution in [3.05, 3.63) is 75.7 Å². The lowest BCUT2D eigenvalue weighted by atomic mass is 10.1. The number of aryl methyl sites for hydroxylation is 2. The highest BCUT2D eigenvalue weighted by Gasteiger charge is 2.17. The van der Waals surface area contributed by atoms with Crippen LogP contribution in [0.4, 0.5) is 0 Å². The van der Waals surface area contributed by atoms with Gasteiger partial charge in [0.25, 0.3) is 0 Å². The van der Waals surface area contributed by atoms with Gasteiger partial charge in [-0.05, 0) is 49.7 Å². The minimum Gasteiger partial charge on any atom is -0.456 e. The molecule has 0 atom stereocenters. The molecule has 138 valence electrons. The lowest BCUT2D eigenvalue weighted by Crippen LogP contribution is -2.12. The zero-order valence-corrected chi connectivity index (χ0v) is 15.5. The second-order valence-corrected chi connectivity index (χ2v) is 6.38. The number of carbonyl (C=O) groups excluding carboxylic acids is 2. The van der Waals surface area contributed by atoms with Gasteiger partial charge in [0.15, 0.2) is 11.5 Å². The molecular formula is C19H17ClN4O3. The molecule has 0 fully saturated rings. The average Bonchev–Trinajstić information content (AvgIpc) is 2.98.